The molecular weight excluding hydrogens is 278 g/mol. The Kier molecular flexibility index (Phi) is 3.85. The van der Waals surface area contributed by atoms with Crippen molar-refractivity contribution >= 4 is 15.5 Å². The van der Waals surface area contributed by atoms with Gasteiger partial charge in [-0.2, -0.15) is 0 Å². The van der Waals surface area contributed by atoms with Gasteiger partial charge in [-0.1, -0.05) is 0 Å². The molecule has 0 saturated heterocycles. The van der Waals surface area contributed by atoms with Crippen molar-refractivity contribution in [3.8, 4) is 11.5 Å². The number of nitrogen functional groups attached to an aromatic ring is 1. The maximum Gasteiger partial charge on any atom is 0.206 e. The van der Waals surface area contributed by atoms with Gasteiger partial charge in [-0.25, -0.2) is 8.42 Å². The molecule has 0 radical (unpaired) electrons. The van der Waals surface area contributed by atoms with Crippen molar-refractivity contribution in [2.24, 2.45) is 0 Å². The molecule has 0 fully saturated rings. The second kappa shape index (κ2) is 5.42. The summed E-state index contributed by atoms with van der Waals surface area (Å²) in [5, 5.41) is 0. The number of hydrogen-bond donors (Lipinski definition) is 1. The van der Waals surface area contributed by atoms with Gasteiger partial charge in [-0.3, -0.25) is 0 Å². The van der Waals surface area contributed by atoms with Gasteiger partial charge >= 0.3 is 0 Å². The van der Waals surface area contributed by atoms with Crippen LogP contribution >= 0.6 is 0 Å². The molecular formula is C14H15NO4S. The van der Waals surface area contributed by atoms with Crippen LogP contribution < -0.4 is 15.2 Å². The Bertz CT molecular complexity index is 708. The molecule has 0 bridgehead atoms. The van der Waals surface area contributed by atoms with E-state index in [1.807, 2.05) is 0 Å². The Morgan fingerprint density at radius 2 is 1.50 bits per heavy atom. The lowest BCUT2D eigenvalue weighted by molar-refractivity contribution is 0.414. The summed E-state index contributed by atoms with van der Waals surface area (Å²) in [7, 11) is -0.642. The first-order valence-electron chi connectivity index (χ1n) is 5.81. The summed E-state index contributed by atoms with van der Waals surface area (Å²) in [6, 6.07) is 10.6. The van der Waals surface area contributed by atoms with E-state index in [9.17, 15) is 8.42 Å². The van der Waals surface area contributed by atoms with Gasteiger partial charge in [0.05, 0.1) is 29.7 Å². The Morgan fingerprint density at radius 1 is 0.900 bits per heavy atom. The number of anilines is 1. The number of rotatable bonds is 4. The van der Waals surface area contributed by atoms with Crippen LogP contribution in [-0.4, -0.2) is 22.6 Å². The predicted molar refractivity (Wildman–Crippen MR) is 75.9 cm³/mol. The third kappa shape index (κ3) is 2.55. The van der Waals surface area contributed by atoms with Crippen molar-refractivity contribution in [1.82, 2.24) is 0 Å². The van der Waals surface area contributed by atoms with Crippen LogP contribution in [0, 0.1) is 0 Å². The van der Waals surface area contributed by atoms with Crippen LogP contribution in [0.25, 0.3) is 0 Å². The maximum atomic E-state index is 12.5. The molecule has 0 aromatic heterocycles. The molecule has 2 rings (SSSR count). The van der Waals surface area contributed by atoms with Crippen LogP contribution in [0.3, 0.4) is 0 Å². The van der Waals surface area contributed by atoms with Crippen molar-refractivity contribution < 1.29 is 17.9 Å². The quantitative estimate of drug-likeness (QED) is 0.874. The monoisotopic (exact) mass is 293 g/mol. The Labute approximate surface area is 117 Å². The molecule has 0 unspecified atom stereocenters. The highest BCUT2D eigenvalue weighted by atomic mass is 32.2. The van der Waals surface area contributed by atoms with Crippen LogP contribution in [0.2, 0.25) is 0 Å². The third-order valence-corrected chi connectivity index (χ3v) is 4.65. The molecule has 0 amide bonds. The molecule has 0 aliphatic carbocycles. The van der Waals surface area contributed by atoms with E-state index in [0.717, 1.165) is 0 Å². The summed E-state index contributed by atoms with van der Waals surface area (Å²) >= 11 is 0. The topological polar surface area (TPSA) is 78.6 Å². The molecule has 0 atom stereocenters. The first kappa shape index (κ1) is 14.2. The van der Waals surface area contributed by atoms with Gasteiger partial charge in [0.1, 0.15) is 11.5 Å². The van der Waals surface area contributed by atoms with Crippen molar-refractivity contribution in [1.29, 1.82) is 0 Å². The zero-order chi connectivity index (χ0) is 14.8. The third-order valence-electron chi connectivity index (χ3n) is 2.88. The van der Waals surface area contributed by atoms with Crippen LogP contribution in [0.5, 0.6) is 11.5 Å². The summed E-state index contributed by atoms with van der Waals surface area (Å²) in [6.07, 6.45) is 0. The van der Waals surface area contributed by atoms with Gasteiger partial charge < -0.3 is 15.2 Å². The largest absolute Gasteiger partial charge is 0.497 e. The molecule has 0 aliphatic heterocycles. The maximum absolute atomic E-state index is 12.5. The van der Waals surface area contributed by atoms with Crippen molar-refractivity contribution in [2.45, 2.75) is 9.79 Å². The molecule has 0 saturated carbocycles. The lowest BCUT2D eigenvalue weighted by atomic mass is 10.3. The normalized spacial score (nSPS) is 11.1. The van der Waals surface area contributed by atoms with E-state index in [4.69, 9.17) is 15.2 Å². The summed E-state index contributed by atoms with van der Waals surface area (Å²) in [4.78, 5) is 0.318. The lowest BCUT2D eigenvalue weighted by Gasteiger charge is -2.09. The van der Waals surface area contributed by atoms with Gasteiger partial charge in [0.15, 0.2) is 0 Å². The van der Waals surface area contributed by atoms with E-state index in [0.29, 0.717) is 17.2 Å². The fourth-order valence-electron chi connectivity index (χ4n) is 1.75. The minimum Gasteiger partial charge on any atom is -0.497 e. The highest BCUT2D eigenvalue weighted by Gasteiger charge is 2.19. The molecule has 20 heavy (non-hydrogen) atoms. The fourth-order valence-corrected chi connectivity index (χ4v) is 3.03. The number of benzene rings is 2. The predicted octanol–water partition coefficient (Wildman–Crippen LogP) is 2.12. The zero-order valence-electron chi connectivity index (χ0n) is 11.2. The van der Waals surface area contributed by atoms with Gasteiger partial charge in [0.2, 0.25) is 9.84 Å². The first-order valence-corrected chi connectivity index (χ1v) is 7.30. The number of hydrogen-bond acceptors (Lipinski definition) is 5. The van der Waals surface area contributed by atoms with E-state index in [2.05, 4.69) is 0 Å². The average Bonchev–Trinajstić information content (AvgIpc) is 2.47. The fraction of sp³-hybridized carbons (Fsp3) is 0.143. The Morgan fingerprint density at radius 3 is 2.05 bits per heavy atom. The van der Waals surface area contributed by atoms with Crippen molar-refractivity contribution in [2.75, 3.05) is 20.0 Å². The molecule has 6 heteroatoms. The molecule has 0 spiro atoms. The number of sulfone groups is 1. The summed E-state index contributed by atoms with van der Waals surface area (Å²) in [5.41, 5.74) is 6.07. The van der Waals surface area contributed by atoms with Crippen LogP contribution in [-0.2, 0) is 9.84 Å². The Balaban J connectivity index is 2.48. The summed E-state index contributed by atoms with van der Waals surface area (Å²) < 4.78 is 35.0. The van der Waals surface area contributed by atoms with Gasteiger partial charge in [-0.05, 0) is 36.4 Å². The second-order valence-electron chi connectivity index (χ2n) is 4.08. The zero-order valence-corrected chi connectivity index (χ0v) is 12.0. The molecule has 2 N–H and O–H groups in total. The van der Waals surface area contributed by atoms with E-state index >= 15 is 0 Å². The number of nitrogens with two attached hydrogens (primary N) is 1. The summed E-state index contributed by atoms with van der Waals surface area (Å²) in [6.45, 7) is 0. The molecule has 2 aromatic carbocycles. The SMILES string of the molecule is COc1ccc(S(=O)(=O)c2ccc(N)c(OC)c2)cc1. The molecule has 106 valence electrons. The van der Waals surface area contributed by atoms with Gasteiger partial charge in [-0.15, -0.1) is 0 Å². The van der Waals surface area contributed by atoms with Crippen molar-refractivity contribution in [3.63, 3.8) is 0 Å². The first-order chi connectivity index (χ1) is 9.48. The number of ether oxygens (including phenoxy) is 2. The Hall–Kier alpha value is -2.21. The van der Waals surface area contributed by atoms with E-state index in [1.165, 1.54) is 44.6 Å². The smallest absolute Gasteiger partial charge is 0.206 e. The van der Waals surface area contributed by atoms with Crippen molar-refractivity contribution in [3.05, 3.63) is 42.5 Å². The highest BCUT2D eigenvalue weighted by molar-refractivity contribution is 7.91. The van der Waals surface area contributed by atoms with E-state index < -0.39 is 9.84 Å². The summed E-state index contributed by atoms with van der Waals surface area (Å²) in [5.74, 6) is 0.929. The molecule has 5 nitrogen and oxygen atoms in total. The van der Waals surface area contributed by atoms with Gasteiger partial charge in [0, 0.05) is 6.07 Å². The standard InChI is InChI=1S/C14H15NO4S/c1-18-10-3-5-11(6-4-10)20(16,17)12-7-8-13(15)14(9-12)19-2/h3-9H,15H2,1-2H3. The minimum absolute atomic E-state index is 0.133. The van der Waals surface area contributed by atoms with E-state index in [1.54, 1.807) is 12.1 Å². The number of methoxy groups -OCH3 is 2. The lowest BCUT2D eigenvalue weighted by Crippen LogP contribution is -2.03. The molecule has 0 aliphatic rings. The van der Waals surface area contributed by atoms with Crippen LogP contribution in [0.4, 0.5) is 5.69 Å². The molecule has 2 aromatic rings. The highest BCUT2D eigenvalue weighted by Crippen LogP contribution is 2.29. The average molecular weight is 293 g/mol. The van der Waals surface area contributed by atoms with Gasteiger partial charge in [0.25, 0.3) is 0 Å². The second-order valence-corrected chi connectivity index (χ2v) is 6.03. The van der Waals surface area contributed by atoms with Crippen LogP contribution in [0.1, 0.15) is 0 Å². The van der Waals surface area contributed by atoms with Crippen LogP contribution in [0.15, 0.2) is 52.3 Å². The molecule has 0 heterocycles. The minimum atomic E-state index is -3.60. The van der Waals surface area contributed by atoms with E-state index in [-0.39, 0.29) is 9.79 Å².